The molecule has 0 aliphatic rings. The normalized spacial score (nSPS) is 12.3. The molecule has 3 heterocycles. The largest absolute Gasteiger partial charge is 0.373 e. The first-order chi connectivity index (χ1) is 13.1. The van der Waals surface area contributed by atoms with E-state index in [9.17, 15) is 5.11 Å². The van der Waals surface area contributed by atoms with Gasteiger partial charge in [-0.05, 0) is 43.4 Å². The van der Waals surface area contributed by atoms with Crippen molar-refractivity contribution >= 4 is 34.1 Å². The Balaban J connectivity index is 1.65. The van der Waals surface area contributed by atoms with Crippen LogP contribution in [0.15, 0.2) is 54.9 Å². The zero-order valence-electron chi connectivity index (χ0n) is 14.4. The molecule has 7 nitrogen and oxygen atoms in total. The van der Waals surface area contributed by atoms with Gasteiger partial charge in [-0.3, -0.25) is 10.3 Å². The van der Waals surface area contributed by atoms with E-state index in [1.54, 1.807) is 31.6 Å². The van der Waals surface area contributed by atoms with Gasteiger partial charge in [-0.15, -0.1) is 0 Å². The minimum absolute atomic E-state index is 0.444. The highest BCUT2D eigenvalue weighted by molar-refractivity contribution is 6.35. The molecule has 4 aromatic rings. The van der Waals surface area contributed by atoms with Gasteiger partial charge in [-0.25, -0.2) is 9.97 Å². The van der Waals surface area contributed by atoms with E-state index in [4.69, 9.17) is 11.6 Å². The lowest BCUT2D eigenvalue weighted by molar-refractivity contribution is 0.145. The summed E-state index contributed by atoms with van der Waals surface area (Å²) in [5.74, 6) is 0.444. The fourth-order valence-corrected chi connectivity index (χ4v) is 3.08. The summed E-state index contributed by atoms with van der Waals surface area (Å²) in [5, 5.41) is 17.3. The molecule has 0 saturated carbocycles. The summed E-state index contributed by atoms with van der Waals surface area (Å²) in [5.41, 5.74) is 3.64. The van der Waals surface area contributed by atoms with Crippen molar-refractivity contribution in [3.63, 3.8) is 0 Å². The highest BCUT2D eigenvalue weighted by atomic mass is 35.5. The van der Waals surface area contributed by atoms with Crippen molar-refractivity contribution in [1.29, 1.82) is 0 Å². The lowest BCUT2D eigenvalue weighted by atomic mass is 10.2. The molecule has 0 fully saturated rings. The Kier molecular flexibility index (Phi) is 4.72. The number of fused-ring (bicyclic) bond motifs is 1. The summed E-state index contributed by atoms with van der Waals surface area (Å²) in [6.07, 6.45) is 2.61. The molecule has 3 aromatic heterocycles. The second kappa shape index (κ2) is 7.32. The lowest BCUT2D eigenvalue weighted by Gasteiger charge is -2.07. The number of pyridine rings is 1. The van der Waals surface area contributed by atoms with Gasteiger partial charge in [0.15, 0.2) is 0 Å². The number of benzene rings is 1. The molecule has 0 spiro atoms. The Morgan fingerprint density at radius 3 is 2.74 bits per heavy atom. The van der Waals surface area contributed by atoms with Gasteiger partial charge in [0.05, 0.1) is 27.6 Å². The van der Waals surface area contributed by atoms with Crippen molar-refractivity contribution in [1.82, 2.24) is 25.3 Å². The molecule has 27 heavy (non-hydrogen) atoms. The first-order valence-electron chi connectivity index (χ1n) is 8.33. The average molecular weight is 381 g/mol. The predicted molar refractivity (Wildman–Crippen MR) is 106 cm³/mol. The topological polar surface area (TPSA) is 98.8 Å². The zero-order valence-corrected chi connectivity index (χ0v) is 15.2. The van der Waals surface area contributed by atoms with Crippen LogP contribution in [0, 0.1) is 0 Å². The predicted octanol–water partition coefficient (Wildman–Crippen LogP) is 3.63. The van der Waals surface area contributed by atoms with Crippen LogP contribution in [-0.4, -0.2) is 32.1 Å². The molecule has 1 unspecified atom stereocenters. The standard InChI is InChI=1S/C19H17ClN6O/c1-21-18(27)16-9-11-8-12(10-13(20)17(11)25-16)24-19-23-7-5-15(26-19)14-4-2-3-6-22-14/h2-10,18,21,25,27H,1H3,(H,23,24,26). The fraction of sp³-hybridized carbons (Fsp3) is 0.105. The number of anilines is 2. The van der Waals surface area contributed by atoms with Crippen molar-refractivity contribution in [2.45, 2.75) is 6.23 Å². The van der Waals surface area contributed by atoms with Crippen LogP contribution in [0.1, 0.15) is 11.9 Å². The quantitative estimate of drug-likeness (QED) is 0.395. The summed E-state index contributed by atoms with van der Waals surface area (Å²) in [6, 6.07) is 13.0. The minimum Gasteiger partial charge on any atom is -0.373 e. The molecule has 0 aliphatic carbocycles. The molecular formula is C19H17ClN6O. The number of nitrogens with one attached hydrogen (secondary N) is 3. The molecule has 0 amide bonds. The second-order valence-electron chi connectivity index (χ2n) is 5.94. The van der Waals surface area contributed by atoms with Gasteiger partial charge in [-0.2, -0.15) is 0 Å². The molecule has 4 N–H and O–H groups in total. The Labute approximate surface area is 160 Å². The van der Waals surface area contributed by atoms with Crippen molar-refractivity contribution in [3.8, 4) is 11.4 Å². The summed E-state index contributed by atoms with van der Waals surface area (Å²) in [4.78, 5) is 16.2. The van der Waals surface area contributed by atoms with E-state index in [0.29, 0.717) is 16.7 Å². The summed E-state index contributed by atoms with van der Waals surface area (Å²) >= 11 is 6.39. The number of nitrogens with zero attached hydrogens (tertiary/aromatic N) is 3. The minimum atomic E-state index is -0.789. The number of hydrogen-bond acceptors (Lipinski definition) is 6. The molecule has 1 atom stereocenters. The van der Waals surface area contributed by atoms with Gasteiger partial charge in [0.25, 0.3) is 0 Å². The van der Waals surface area contributed by atoms with Gasteiger partial charge < -0.3 is 15.4 Å². The SMILES string of the molecule is CNC(O)c1cc2cc(Nc3nccc(-c4ccccn4)n3)cc(Cl)c2[nH]1. The van der Waals surface area contributed by atoms with E-state index in [1.165, 1.54) is 0 Å². The number of aromatic nitrogens is 4. The van der Waals surface area contributed by atoms with Crippen molar-refractivity contribution in [3.05, 3.63) is 65.6 Å². The monoisotopic (exact) mass is 380 g/mol. The molecule has 136 valence electrons. The molecule has 0 aliphatic heterocycles. The maximum Gasteiger partial charge on any atom is 0.227 e. The molecule has 4 rings (SSSR count). The summed E-state index contributed by atoms with van der Waals surface area (Å²) in [7, 11) is 1.68. The van der Waals surface area contributed by atoms with Gasteiger partial charge >= 0.3 is 0 Å². The van der Waals surface area contributed by atoms with Crippen LogP contribution in [-0.2, 0) is 0 Å². The summed E-state index contributed by atoms with van der Waals surface area (Å²) in [6.45, 7) is 0. The van der Waals surface area contributed by atoms with E-state index in [-0.39, 0.29) is 0 Å². The first-order valence-corrected chi connectivity index (χ1v) is 8.71. The van der Waals surface area contributed by atoms with E-state index < -0.39 is 6.23 Å². The van der Waals surface area contributed by atoms with Crippen LogP contribution in [0.5, 0.6) is 0 Å². The van der Waals surface area contributed by atoms with E-state index in [0.717, 1.165) is 28.0 Å². The Morgan fingerprint density at radius 2 is 1.96 bits per heavy atom. The fourth-order valence-electron chi connectivity index (χ4n) is 2.80. The van der Waals surface area contributed by atoms with Crippen molar-refractivity contribution < 1.29 is 5.11 Å². The van der Waals surface area contributed by atoms with Gasteiger partial charge in [0.1, 0.15) is 6.23 Å². The molecule has 0 radical (unpaired) electrons. The smallest absolute Gasteiger partial charge is 0.227 e. The van der Waals surface area contributed by atoms with Crippen LogP contribution in [0.4, 0.5) is 11.6 Å². The Hall–Kier alpha value is -3.00. The van der Waals surface area contributed by atoms with E-state index in [1.807, 2.05) is 30.3 Å². The molecule has 0 bridgehead atoms. The lowest BCUT2D eigenvalue weighted by Crippen LogP contribution is -2.15. The third-order valence-electron chi connectivity index (χ3n) is 4.11. The maximum atomic E-state index is 9.94. The number of aliphatic hydroxyl groups is 1. The average Bonchev–Trinajstić information content (AvgIpc) is 3.13. The number of aromatic amines is 1. The van der Waals surface area contributed by atoms with Gasteiger partial charge in [0.2, 0.25) is 5.95 Å². The Bertz CT molecular complexity index is 1080. The zero-order chi connectivity index (χ0) is 18.8. The number of hydrogen-bond donors (Lipinski definition) is 4. The molecule has 1 aromatic carbocycles. The van der Waals surface area contributed by atoms with Crippen LogP contribution in [0.3, 0.4) is 0 Å². The van der Waals surface area contributed by atoms with E-state index >= 15 is 0 Å². The third-order valence-corrected chi connectivity index (χ3v) is 4.41. The number of H-pyrrole nitrogens is 1. The molecular weight excluding hydrogens is 364 g/mol. The number of halogens is 1. The first kappa shape index (κ1) is 17.4. The van der Waals surface area contributed by atoms with Crippen molar-refractivity contribution in [2.75, 3.05) is 12.4 Å². The number of rotatable bonds is 5. The third kappa shape index (κ3) is 3.61. The Morgan fingerprint density at radius 1 is 1.07 bits per heavy atom. The summed E-state index contributed by atoms with van der Waals surface area (Å²) < 4.78 is 0. The van der Waals surface area contributed by atoms with Crippen LogP contribution < -0.4 is 10.6 Å². The van der Waals surface area contributed by atoms with Gasteiger partial charge in [-0.1, -0.05) is 17.7 Å². The van der Waals surface area contributed by atoms with Crippen LogP contribution in [0.25, 0.3) is 22.3 Å². The van der Waals surface area contributed by atoms with E-state index in [2.05, 4.69) is 30.6 Å². The van der Waals surface area contributed by atoms with Crippen LogP contribution >= 0.6 is 11.6 Å². The maximum absolute atomic E-state index is 9.94. The number of aliphatic hydroxyl groups excluding tert-OH is 1. The van der Waals surface area contributed by atoms with Crippen LogP contribution in [0.2, 0.25) is 5.02 Å². The molecule has 0 saturated heterocycles. The molecule has 8 heteroatoms. The highest BCUT2D eigenvalue weighted by Crippen LogP contribution is 2.30. The second-order valence-corrected chi connectivity index (χ2v) is 6.35. The highest BCUT2D eigenvalue weighted by Gasteiger charge is 2.12. The van der Waals surface area contributed by atoms with Gasteiger partial charge in [0, 0.05) is 23.5 Å². The van der Waals surface area contributed by atoms with Crippen molar-refractivity contribution in [2.24, 2.45) is 0 Å².